The molecular weight excluding hydrogens is 341 g/mol. The highest BCUT2D eigenvalue weighted by Gasteiger charge is 2.12. The summed E-state index contributed by atoms with van der Waals surface area (Å²) in [7, 11) is 0. The molecule has 0 aliphatic carbocycles. The molecule has 3 aromatic rings. The third-order valence-corrected chi connectivity index (χ3v) is 4.81. The van der Waals surface area contributed by atoms with E-state index in [0.29, 0.717) is 24.1 Å². The van der Waals surface area contributed by atoms with Gasteiger partial charge in [0.2, 0.25) is 0 Å². The molecule has 0 saturated heterocycles. The van der Waals surface area contributed by atoms with Gasteiger partial charge in [-0.2, -0.15) is 5.10 Å². The highest BCUT2D eigenvalue weighted by molar-refractivity contribution is 5.94. The predicted molar refractivity (Wildman–Crippen MR) is 105 cm³/mol. The Morgan fingerprint density at radius 3 is 2.44 bits per heavy atom. The van der Waals surface area contributed by atoms with Crippen molar-refractivity contribution in [1.29, 1.82) is 0 Å². The van der Waals surface area contributed by atoms with Crippen LogP contribution in [0.2, 0.25) is 0 Å². The van der Waals surface area contributed by atoms with E-state index < -0.39 is 0 Å². The van der Waals surface area contributed by atoms with Gasteiger partial charge in [-0.15, -0.1) is 0 Å². The maximum atomic E-state index is 13.6. The lowest BCUT2D eigenvalue weighted by Crippen LogP contribution is -2.25. The number of benzene rings is 2. The van der Waals surface area contributed by atoms with Gasteiger partial charge in [-0.1, -0.05) is 25.1 Å². The van der Waals surface area contributed by atoms with Gasteiger partial charge in [0, 0.05) is 17.8 Å². The Morgan fingerprint density at radius 1 is 1.11 bits per heavy atom. The van der Waals surface area contributed by atoms with E-state index in [9.17, 15) is 9.18 Å². The van der Waals surface area contributed by atoms with Crippen LogP contribution in [0.25, 0.3) is 5.69 Å². The highest BCUT2D eigenvalue weighted by Crippen LogP contribution is 2.18. The maximum absolute atomic E-state index is 13.6. The van der Waals surface area contributed by atoms with Crippen LogP contribution in [0, 0.1) is 19.7 Å². The number of aromatic nitrogens is 2. The average Bonchev–Trinajstić information content (AvgIpc) is 2.97. The van der Waals surface area contributed by atoms with Crippen molar-refractivity contribution >= 4 is 5.91 Å². The zero-order valence-electron chi connectivity index (χ0n) is 15.9. The summed E-state index contributed by atoms with van der Waals surface area (Å²) in [4.78, 5) is 12.3. The predicted octanol–water partition coefficient (Wildman–Crippen LogP) is 4.16. The van der Waals surface area contributed by atoms with Crippen molar-refractivity contribution in [2.45, 2.75) is 33.6 Å². The number of halogens is 1. The van der Waals surface area contributed by atoms with Gasteiger partial charge in [0.1, 0.15) is 5.82 Å². The van der Waals surface area contributed by atoms with Crippen LogP contribution in [0.15, 0.2) is 48.5 Å². The van der Waals surface area contributed by atoms with E-state index in [4.69, 9.17) is 0 Å². The molecule has 1 N–H and O–H groups in total. The molecule has 0 radical (unpaired) electrons. The first-order valence-electron chi connectivity index (χ1n) is 9.18. The van der Waals surface area contributed by atoms with E-state index in [1.165, 1.54) is 11.6 Å². The SMILES string of the molecule is CCc1c(C)nn(-c2ccc(C(=O)NCCc3ccccc3F)cc2)c1C. The van der Waals surface area contributed by atoms with E-state index in [2.05, 4.69) is 24.3 Å². The van der Waals surface area contributed by atoms with E-state index in [1.54, 1.807) is 30.3 Å². The summed E-state index contributed by atoms with van der Waals surface area (Å²) < 4.78 is 15.5. The van der Waals surface area contributed by atoms with Crippen molar-refractivity contribution in [2.75, 3.05) is 6.54 Å². The fourth-order valence-electron chi connectivity index (χ4n) is 3.31. The molecule has 1 aromatic heterocycles. The summed E-state index contributed by atoms with van der Waals surface area (Å²) in [5, 5.41) is 7.44. The molecule has 1 amide bonds. The van der Waals surface area contributed by atoms with Crippen LogP contribution in [-0.2, 0) is 12.8 Å². The molecule has 0 saturated carbocycles. The van der Waals surface area contributed by atoms with Gasteiger partial charge in [0.15, 0.2) is 0 Å². The Labute approximate surface area is 159 Å². The molecule has 3 rings (SSSR count). The lowest BCUT2D eigenvalue weighted by Gasteiger charge is -2.08. The third kappa shape index (κ3) is 4.08. The molecule has 0 unspecified atom stereocenters. The van der Waals surface area contributed by atoms with Gasteiger partial charge in [0.25, 0.3) is 5.91 Å². The highest BCUT2D eigenvalue weighted by atomic mass is 19.1. The number of amides is 1. The number of nitrogens with one attached hydrogen (secondary N) is 1. The second kappa shape index (κ2) is 8.16. The number of carbonyl (C=O) groups excluding carboxylic acids is 1. The summed E-state index contributed by atoms with van der Waals surface area (Å²) >= 11 is 0. The summed E-state index contributed by atoms with van der Waals surface area (Å²) in [6.45, 7) is 6.58. The van der Waals surface area contributed by atoms with Crippen molar-refractivity contribution in [2.24, 2.45) is 0 Å². The van der Waals surface area contributed by atoms with Crippen LogP contribution in [-0.4, -0.2) is 22.2 Å². The summed E-state index contributed by atoms with van der Waals surface area (Å²) in [5.74, 6) is -0.409. The number of aryl methyl sites for hydroxylation is 1. The average molecular weight is 365 g/mol. The molecule has 140 valence electrons. The molecule has 2 aromatic carbocycles. The molecule has 27 heavy (non-hydrogen) atoms. The molecule has 0 aliphatic heterocycles. The van der Waals surface area contributed by atoms with Gasteiger partial charge in [-0.25, -0.2) is 9.07 Å². The topological polar surface area (TPSA) is 46.9 Å². The molecule has 1 heterocycles. The Balaban J connectivity index is 1.65. The van der Waals surface area contributed by atoms with E-state index in [-0.39, 0.29) is 11.7 Å². The maximum Gasteiger partial charge on any atom is 0.251 e. The minimum atomic E-state index is -0.243. The Kier molecular flexibility index (Phi) is 5.69. The molecule has 0 bridgehead atoms. The Hall–Kier alpha value is -2.95. The van der Waals surface area contributed by atoms with Crippen LogP contribution < -0.4 is 5.32 Å². The molecule has 5 heteroatoms. The van der Waals surface area contributed by atoms with Gasteiger partial charge in [-0.05, 0) is 68.1 Å². The van der Waals surface area contributed by atoms with Gasteiger partial charge < -0.3 is 5.32 Å². The molecule has 4 nitrogen and oxygen atoms in total. The van der Waals surface area contributed by atoms with E-state index in [0.717, 1.165) is 23.5 Å². The zero-order chi connectivity index (χ0) is 19.4. The Bertz CT molecular complexity index is 945. The van der Waals surface area contributed by atoms with Crippen LogP contribution in [0.3, 0.4) is 0 Å². The molecule has 0 fully saturated rings. The largest absolute Gasteiger partial charge is 0.352 e. The lowest BCUT2D eigenvalue weighted by atomic mass is 10.1. The Morgan fingerprint density at radius 2 is 1.81 bits per heavy atom. The van der Waals surface area contributed by atoms with Crippen LogP contribution >= 0.6 is 0 Å². The number of hydrogen-bond acceptors (Lipinski definition) is 2. The zero-order valence-corrected chi connectivity index (χ0v) is 15.9. The normalized spacial score (nSPS) is 10.8. The summed E-state index contributed by atoms with van der Waals surface area (Å²) in [6.07, 6.45) is 1.40. The standard InChI is InChI=1S/C22H24FN3O/c1-4-20-15(2)25-26(16(20)3)19-11-9-18(10-12-19)22(27)24-14-13-17-7-5-6-8-21(17)23/h5-12H,4,13-14H2,1-3H3,(H,24,27). The van der Waals surface area contributed by atoms with Gasteiger partial charge in [-0.3, -0.25) is 4.79 Å². The number of hydrogen-bond donors (Lipinski definition) is 1. The van der Waals surface area contributed by atoms with Crippen molar-refractivity contribution < 1.29 is 9.18 Å². The number of nitrogens with zero attached hydrogens (tertiary/aromatic N) is 2. The molecule has 0 atom stereocenters. The summed E-state index contributed by atoms with van der Waals surface area (Å²) in [6, 6.07) is 14.0. The van der Waals surface area contributed by atoms with Crippen LogP contribution in [0.4, 0.5) is 4.39 Å². The molecule has 0 aliphatic rings. The summed E-state index contributed by atoms with van der Waals surface area (Å²) in [5.41, 5.74) is 5.51. The van der Waals surface area contributed by atoms with E-state index >= 15 is 0 Å². The molecule has 0 spiro atoms. The third-order valence-electron chi connectivity index (χ3n) is 4.81. The van der Waals surface area contributed by atoms with E-state index in [1.807, 2.05) is 23.7 Å². The number of carbonyl (C=O) groups is 1. The van der Waals surface area contributed by atoms with Gasteiger partial charge >= 0.3 is 0 Å². The van der Waals surface area contributed by atoms with Crippen molar-refractivity contribution in [1.82, 2.24) is 15.1 Å². The van der Waals surface area contributed by atoms with Crippen molar-refractivity contribution in [3.05, 3.63) is 82.4 Å². The van der Waals surface area contributed by atoms with Crippen molar-refractivity contribution in [3.63, 3.8) is 0 Å². The molecular formula is C22H24FN3O. The lowest BCUT2D eigenvalue weighted by molar-refractivity contribution is 0.0954. The fraction of sp³-hybridized carbons (Fsp3) is 0.273. The second-order valence-electron chi connectivity index (χ2n) is 6.56. The first-order chi connectivity index (χ1) is 13.0. The second-order valence-corrected chi connectivity index (χ2v) is 6.56. The fourth-order valence-corrected chi connectivity index (χ4v) is 3.31. The number of rotatable bonds is 6. The quantitative estimate of drug-likeness (QED) is 0.713. The monoisotopic (exact) mass is 365 g/mol. The van der Waals surface area contributed by atoms with Crippen LogP contribution in [0.1, 0.15) is 39.8 Å². The van der Waals surface area contributed by atoms with Crippen molar-refractivity contribution in [3.8, 4) is 5.69 Å². The first-order valence-corrected chi connectivity index (χ1v) is 9.18. The smallest absolute Gasteiger partial charge is 0.251 e. The minimum Gasteiger partial charge on any atom is -0.352 e. The first kappa shape index (κ1) is 18.8. The van der Waals surface area contributed by atoms with Gasteiger partial charge in [0.05, 0.1) is 11.4 Å². The van der Waals surface area contributed by atoms with Crippen LogP contribution in [0.5, 0.6) is 0 Å². The minimum absolute atomic E-state index is 0.166.